The van der Waals surface area contributed by atoms with Gasteiger partial charge in [0.15, 0.2) is 0 Å². The van der Waals surface area contributed by atoms with Crippen LogP contribution in [0.2, 0.25) is 5.02 Å². The Balaban J connectivity index is 1.32. The van der Waals surface area contributed by atoms with Crippen molar-refractivity contribution in [3.63, 3.8) is 0 Å². The first-order valence-corrected chi connectivity index (χ1v) is 14.5. The van der Waals surface area contributed by atoms with Crippen molar-refractivity contribution < 1.29 is 19.7 Å². The second-order valence-electron chi connectivity index (χ2n) is 10.1. The number of fused-ring (bicyclic) bond motifs is 1. The molecule has 1 aliphatic heterocycles. The SMILES string of the molecule is COc1ccc2nccc([C@@H](O)CCC3CCN(CCCCc4sccc4Cl)CC3CCC(=O)O)c2c1. The van der Waals surface area contributed by atoms with E-state index in [1.54, 1.807) is 24.6 Å². The van der Waals surface area contributed by atoms with Gasteiger partial charge in [0.1, 0.15) is 5.75 Å². The number of halogens is 1. The van der Waals surface area contributed by atoms with Crippen LogP contribution >= 0.6 is 22.9 Å². The number of aryl methyl sites for hydroxylation is 1. The van der Waals surface area contributed by atoms with Gasteiger partial charge in [0, 0.05) is 29.4 Å². The highest BCUT2D eigenvalue weighted by Gasteiger charge is 2.30. The normalized spacial score (nSPS) is 19.2. The van der Waals surface area contributed by atoms with Crippen LogP contribution in [0.4, 0.5) is 0 Å². The highest BCUT2D eigenvalue weighted by molar-refractivity contribution is 7.10. The standard InChI is InChI=1S/C29H37ClN2O4S/c1-36-22-7-8-26-24(18-22)23(11-14-31-26)27(33)9-5-20-12-16-32(19-21(20)6-10-29(34)35)15-3-2-4-28-25(30)13-17-37-28/h7-8,11,13-14,17-18,20-21,27,33H,2-6,9-10,12,15-16,19H2,1H3,(H,34,35)/t20?,21?,27-/m0/s1. The van der Waals surface area contributed by atoms with Crippen LogP contribution in [0.15, 0.2) is 41.9 Å². The quantitative estimate of drug-likeness (QED) is 0.236. The summed E-state index contributed by atoms with van der Waals surface area (Å²) in [6.07, 6.45) is 7.83. The van der Waals surface area contributed by atoms with Crippen LogP contribution in [-0.4, -0.2) is 52.8 Å². The predicted molar refractivity (Wildman–Crippen MR) is 150 cm³/mol. The lowest BCUT2D eigenvalue weighted by atomic mass is 9.79. The Labute approximate surface area is 228 Å². The van der Waals surface area contributed by atoms with Crippen LogP contribution in [-0.2, 0) is 11.2 Å². The van der Waals surface area contributed by atoms with Crippen LogP contribution < -0.4 is 4.74 Å². The molecule has 3 atom stereocenters. The number of aliphatic hydroxyl groups is 1. The molecule has 0 amide bonds. The summed E-state index contributed by atoms with van der Waals surface area (Å²) < 4.78 is 5.37. The highest BCUT2D eigenvalue weighted by atomic mass is 35.5. The Bertz CT molecular complexity index is 1170. The van der Waals surface area contributed by atoms with E-state index in [1.807, 2.05) is 35.7 Å². The van der Waals surface area contributed by atoms with Gasteiger partial charge >= 0.3 is 5.97 Å². The molecular weight excluding hydrogens is 508 g/mol. The van der Waals surface area contributed by atoms with Crippen LogP contribution in [0.5, 0.6) is 5.75 Å². The molecule has 200 valence electrons. The largest absolute Gasteiger partial charge is 0.497 e. The van der Waals surface area contributed by atoms with Crippen molar-refractivity contribution in [3.8, 4) is 5.75 Å². The highest BCUT2D eigenvalue weighted by Crippen LogP contribution is 2.35. The predicted octanol–water partition coefficient (Wildman–Crippen LogP) is 6.60. The van der Waals surface area contributed by atoms with Crippen LogP contribution in [0.25, 0.3) is 10.9 Å². The summed E-state index contributed by atoms with van der Waals surface area (Å²) in [5.41, 5.74) is 1.71. The number of carboxylic acid groups (broad SMARTS) is 1. The first-order valence-electron chi connectivity index (χ1n) is 13.2. The summed E-state index contributed by atoms with van der Waals surface area (Å²) in [5.74, 6) is 0.755. The number of hydrogen-bond acceptors (Lipinski definition) is 6. The summed E-state index contributed by atoms with van der Waals surface area (Å²) in [6, 6.07) is 9.58. The number of benzene rings is 1. The van der Waals surface area contributed by atoms with Crippen LogP contribution in [0, 0.1) is 11.8 Å². The van der Waals surface area contributed by atoms with E-state index < -0.39 is 12.1 Å². The first-order chi connectivity index (χ1) is 17.9. The van der Waals surface area contributed by atoms with E-state index in [4.69, 9.17) is 16.3 Å². The number of carboxylic acids is 1. The zero-order valence-corrected chi connectivity index (χ0v) is 23.0. The molecule has 1 aromatic carbocycles. The molecule has 0 bridgehead atoms. The number of piperidine rings is 1. The average Bonchev–Trinajstić information content (AvgIpc) is 3.32. The molecule has 4 rings (SSSR count). The van der Waals surface area contributed by atoms with Gasteiger partial charge < -0.3 is 19.8 Å². The summed E-state index contributed by atoms with van der Waals surface area (Å²) >= 11 is 7.94. The average molecular weight is 545 g/mol. The molecule has 2 unspecified atom stereocenters. The van der Waals surface area contributed by atoms with Gasteiger partial charge in [-0.05, 0) is 111 Å². The number of unbranched alkanes of at least 4 members (excludes halogenated alkanes) is 1. The number of rotatable bonds is 13. The van der Waals surface area contributed by atoms with Crippen LogP contribution in [0.3, 0.4) is 0 Å². The zero-order chi connectivity index (χ0) is 26.2. The fourth-order valence-electron chi connectivity index (χ4n) is 5.59. The maximum Gasteiger partial charge on any atom is 0.303 e. The fraction of sp³-hybridized carbons (Fsp3) is 0.517. The molecule has 1 aliphatic rings. The minimum atomic E-state index is -0.735. The third-order valence-electron chi connectivity index (χ3n) is 7.68. The Kier molecular flexibility index (Phi) is 10.2. The van der Waals surface area contributed by atoms with Crippen molar-refractivity contribution in [2.24, 2.45) is 11.8 Å². The summed E-state index contributed by atoms with van der Waals surface area (Å²) in [6.45, 7) is 3.00. The van der Waals surface area contributed by atoms with Crippen molar-refractivity contribution in [1.82, 2.24) is 9.88 Å². The molecule has 3 aromatic rings. The summed E-state index contributed by atoms with van der Waals surface area (Å²) in [5, 5.41) is 24.3. The molecule has 0 spiro atoms. The number of nitrogens with zero attached hydrogens (tertiary/aromatic N) is 2. The minimum Gasteiger partial charge on any atom is -0.497 e. The molecule has 0 saturated carbocycles. The summed E-state index contributed by atoms with van der Waals surface area (Å²) in [4.78, 5) is 19.5. The molecule has 8 heteroatoms. The van der Waals surface area contributed by atoms with Gasteiger partial charge in [-0.3, -0.25) is 9.78 Å². The van der Waals surface area contributed by atoms with E-state index in [0.717, 1.165) is 79.0 Å². The number of likely N-dealkylation sites (tertiary alicyclic amines) is 1. The van der Waals surface area contributed by atoms with E-state index in [9.17, 15) is 15.0 Å². The molecule has 37 heavy (non-hydrogen) atoms. The Morgan fingerprint density at radius 2 is 2.11 bits per heavy atom. The number of aliphatic carboxylic acids is 1. The Morgan fingerprint density at radius 1 is 1.24 bits per heavy atom. The smallest absolute Gasteiger partial charge is 0.303 e. The number of hydrogen-bond donors (Lipinski definition) is 2. The monoisotopic (exact) mass is 544 g/mol. The van der Waals surface area contributed by atoms with Crippen molar-refractivity contribution >= 4 is 39.8 Å². The van der Waals surface area contributed by atoms with E-state index >= 15 is 0 Å². The lowest BCUT2D eigenvalue weighted by Gasteiger charge is -2.39. The molecule has 1 saturated heterocycles. The number of thiophene rings is 1. The topological polar surface area (TPSA) is 82.9 Å². The number of ether oxygens (including phenoxy) is 1. The molecule has 2 aromatic heterocycles. The van der Waals surface area contributed by atoms with Gasteiger partial charge in [-0.25, -0.2) is 0 Å². The fourth-order valence-corrected chi connectivity index (χ4v) is 6.77. The molecule has 6 nitrogen and oxygen atoms in total. The van der Waals surface area contributed by atoms with Gasteiger partial charge in [-0.1, -0.05) is 11.6 Å². The lowest BCUT2D eigenvalue weighted by Crippen LogP contribution is -2.41. The number of pyridine rings is 1. The van der Waals surface area contributed by atoms with Crippen molar-refractivity contribution in [2.45, 2.75) is 57.5 Å². The summed E-state index contributed by atoms with van der Waals surface area (Å²) in [7, 11) is 1.64. The maximum atomic E-state index is 11.3. The first kappa shape index (κ1) is 27.8. The molecule has 0 aliphatic carbocycles. The van der Waals surface area contributed by atoms with Gasteiger partial charge in [0.25, 0.3) is 0 Å². The second kappa shape index (κ2) is 13.6. The minimum absolute atomic E-state index is 0.198. The zero-order valence-electron chi connectivity index (χ0n) is 21.4. The van der Waals surface area contributed by atoms with Gasteiger partial charge in [0.05, 0.1) is 23.8 Å². The van der Waals surface area contributed by atoms with E-state index in [0.29, 0.717) is 24.7 Å². The number of carbonyl (C=O) groups is 1. The Morgan fingerprint density at radius 3 is 2.86 bits per heavy atom. The number of methoxy groups -OCH3 is 1. The lowest BCUT2D eigenvalue weighted by molar-refractivity contribution is -0.137. The molecule has 1 fully saturated rings. The van der Waals surface area contributed by atoms with Gasteiger partial charge in [-0.15, -0.1) is 11.3 Å². The van der Waals surface area contributed by atoms with E-state index in [1.165, 1.54) is 4.88 Å². The molecule has 0 radical (unpaired) electrons. The van der Waals surface area contributed by atoms with E-state index in [2.05, 4.69) is 9.88 Å². The van der Waals surface area contributed by atoms with Gasteiger partial charge in [0.2, 0.25) is 0 Å². The van der Waals surface area contributed by atoms with Crippen molar-refractivity contribution in [1.29, 1.82) is 0 Å². The Hall–Kier alpha value is -2.19. The third-order valence-corrected chi connectivity index (χ3v) is 9.12. The second-order valence-corrected chi connectivity index (χ2v) is 11.5. The third kappa shape index (κ3) is 7.66. The van der Waals surface area contributed by atoms with Crippen LogP contribution in [0.1, 0.15) is 61.5 Å². The molecule has 3 heterocycles. The maximum absolute atomic E-state index is 11.3. The van der Waals surface area contributed by atoms with Crippen molar-refractivity contribution in [3.05, 3.63) is 57.4 Å². The number of aromatic nitrogens is 1. The number of aliphatic hydroxyl groups excluding tert-OH is 1. The molecular formula is C29H37ClN2O4S. The van der Waals surface area contributed by atoms with Gasteiger partial charge in [-0.2, -0.15) is 0 Å². The van der Waals surface area contributed by atoms with Crippen molar-refractivity contribution in [2.75, 3.05) is 26.7 Å². The molecule has 2 N–H and O–H groups in total. The van der Waals surface area contributed by atoms with E-state index in [-0.39, 0.29) is 6.42 Å².